The maximum Gasteiger partial charge on any atom is 0.416 e. The summed E-state index contributed by atoms with van der Waals surface area (Å²) < 4.78 is 5.59. The van der Waals surface area contributed by atoms with Crippen LogP contribution in [0.1, 0.15) is 58.4 Å². The monoisotopic (exact) mass is 290 g/mol. The van der Waals surface area contributed by atoms with E-state index < -0.39 is 5.60 Å². The molecule has 1 saturated carbocycles. The number of nitrogens with zero attached hydrogens (tertiary/aromatic N) is 2. The summed E-state index contributed by atoms with van der Waals surface area (Å²) >= 11 is 0. The Kier molecular flexibility index (Phi) is 4.86. The van der Waals surface area contributed by atoms with Gasteiger partial charge in [-0.15, -0.1) is 0 Å². The molecular formula is C17H26N2O2. The molecule has 116 valence electrons. The summed E-state index contributed by atoms with van der Waals surface area (Å²) in [7, 11) is 0. The van der Waals surface area contributed by atoms with Crippen molar-refractivity contribution in [3.8, 4) is 0 Å². The molecule has 0 bridgehead atoms. The number of rotatable bonds is 2. The molecule has 4 nitrogen and oxygen atoms in total. The number of amides is 1. The first-order chi connectivity index (χ1) is 9.87. The Morgan fingerprint density at radius 2 is 1.95 bits per heavy atom. The van der Waals surface area contributed by atoms with E-state index in [0.717, 1.165) is 31.2 Å². The minimum Gasteiger partial charge on any atom is -0.443 e. The second kappa shape index (κ2) is 6.46. The molecule has 0 radical (unpaired) electrons. The molecule has 0 aliphatic heterocycles. The maximum atomic E-state index is 12.6. The number of anilines is 1. The molecule has 1 aliphatic carbocycles. The third-order valence-electron chi connectivity index (χ3n) is 3.68. The normalized spacial score (nSPS) is 16.6. The van der Waals surface area contributed by atoms with Gasteiger partial charge in [-0.1, -0.05) is 19.3 Å². The zero-order valence-corrected chi connectivity index (χ0v) is 13.6. The fourth-order valence-electron chi connectivity index (χ4n) is 2.73. The van der Waals surface area contributed by atoms with E-state index in [4.69, 9.17) is 4.74 Å². The van der Waals surface area contributed by atoms with Gasteiger partial charge in [-0.05, 0) is 58.2 Å². The molecule has 0 spiro atoms. The lowest BCUT2D eigenvalue weighted by atomic mass is 9.94. The predicted octanol–water partition coefficient (Wildman–Crippen LogP) is 4.46. The van der Waals surface area contributed by atoms with Crippen molar-refractivity contribution in [2.45, 2.75) is 71.4 Å². The molecule has 2 rings (SSSR count). The van der Waals surface area contributed by atoms with E-state index in [9.17, 15) is 4.79 Å². The van der Waals surface area contributed by atoms with Gasteiger partial charge in [0.15, 0.2) is 0 Å². The number of aromatic nitrogens is 1. The van der Waals surface area contributed by atoms with Gasteiger partial charge in [0.25, 0.3) is 0 Å². The Labute approximate surface area is 127 Å². The number of hydrogen-bond donors (Lipinski definition) is 0. The summed E-state index contributed by atoms with van der Waals surface area (Å²) in [6, 6.07) is 4.10. The SMILES string of the molecule is Cc1ccnc(N(C(=O)OC(C)(C)C)C2CCCCC2)c1. The topological polar surface area (TPSA) is 42.4 Å². The average Bonchev–Trinajstić information content (AvgIpc) is 2.38. The number of aryl methyl sites for hydroxylation is 1. The van der Waals surface area contributed by atoms with Crippen LogP contribution in [0, 0.1) is 6.92 Å². The van der Waals surface area contributed by atoms with Gasteiger partial charge in [0.2, 0.25) is 0 Å². The molecule has 1 heterocycles. The second-order valence-corrected chi connectivity index (χ2v) is 6.83. The summed E-state index contributed by atoms with van der Waals surface area (Å²) in [6.07, 6.45) is 7.09. The lowest BCUT2D eigenvalue weighted by Crippen LogP contribution is -2.45. The highest BCUT2D eigenvalue weighted by Gasteiger charge is 2.31. The zero-order chi connectivity index (χ0) is 15.5. The van der Waals surface area contributed by atoms with Crippen molar-refractivity contribution in [2.24, 2.45) is 0 Å². The molecular weight excluding hydrogens is 264 g/mol. The molecule has 0 saturated heterocycles. The van der Waals surface area contributed by atoms with Crippen LogP contribution in [-0.4, -0.2) is 22.7 Å². The van der Waals surface area contributed by atoms with Crippen molar-refractivity contribution in [3.05, 3.63) is 23.9 Å². The van der Waals surface area contributed by atoms with E-state index in [1.165, 1.54) is 6.42 Å². The van der Waals surface area contributed by atoms with Crippen LogP contribution in [0.5, 0.6) is 0 Å². The minimum atomic E-state index is -0.492. The highest BCUT2D eigenvalue weighted by molar-refractivity contribution is 5.87. The van der Waals surface area contributed by atoms with Crippen molar-refractivity contribution >= 4 is 11.9 Å². The average molecular weight is 290 g/mol. The molecule has 1 fully saturated rings. The quantitative estimate of drug-likeness (QED) is 0.807. The zero-order valence-electron chi connectivity index (χ0n) is 13.6. The lowest BCUT2D eigenvalue weighted by molar-refractivity contribution is 0.0556. The van der Waals surface area contributed by atoms with Gasteiger partial charge in [0.1, 0.15) is 11.4 Å². The summed E-state index contributed by atoms with van der Waals surface area (Å²) in [5.41, 5.74) is 0.609. The summed E-state index contributed by atoms with van der Waals surface area (Å²) in [6.45, 7) is 7.70. The molecule has 1 aromatic heterocycles. The summed E-state index contributed by atoms with van der Waals surface area (Å²) in [5.74, 6) is 0.705. The van der Waals surface area contributed by atoms with Gasteiger partial charge in [-0.25, -0.2) is 9.78 Å². The largest absolute Gasteiger partial charge is 0.443 e. The van der Waals surface area contributed by atoms with E-state index in [1.54, 1.807) is 11.1 Å². The maximum absolute atomic E-state index is 12.6. The van der Waals surface area contributed by atoms with E-state index in [0.29, 0.717) is 5.82 Å². The molecule has 0 aromatic carbocycles. The summed E-state index contributed by atoms with van der Waals surface area (Å²) in [5, 5.41) is 0. The van der Waals surface area contributed by atoms with Crippen LogP contribution in [0.3, 0.4) is 0 Å². The Morgan fingerprint density at radius 1 is 1.29 bits per heavy atom. The number of hydrogen-bond acceptors (Lipinski definition) is 3. The first-order valence-electron chi connectivity index (χ1n) is 7.82. The molecule has 0 N–H and O–H groups in total. The molecule has 1 aliphatic rings. The van der Waals surface area contributed by atoms with Crippen molar-refractivity contribution < 1.29 is 9.53 Å². The first-order valence-corrected chi connectivity index (χ1v) is 7.82. The van der Waals surface area contributed by atoms with Gasteiger partial charge in [0.05, 0.1) is 0 Å². The smallest absolute Gasteiger partial charge is 0.416 e. The van der Waals surface area contributed by atoms with E-state index >= 15 is 0 Å². The Morgan fingerprint density at radius 3 is 2.52 bits per heavy atom. The number of pyridine rings is 1. The minimum absolute atomic E-state index is 0.197. The first kappa shape index (κ1) is 15.8. The van der Waals surface area contributed by atoms with Crippen LogP contribution in [0.25, 0.3) is 0 Å². The highest BCUT2D eigenvalue weighted by Crippen LogP contribution is 2.28. The standard InChI is InChI=1S/C17H26N2O2/c1-13-10-11-18-15(12-13)19(14-8-6-5-7-9-14)16(20)21-17(2,3)4/h10-12,14H,5-9H2,1-4H3. The third-order valence-corrected chi connectivity index (χ3v) is 3.68. The molecule has 1 aromatic rings. The van der Waals surface area contributed by atoms with E-state index in [-0.39, 0.29) is 12.1 Å². The number of ether oxygens (including phenoxy) is 1. The van der Waals surface area contributed by atoms with Crippen molar-refractivity contribution in [1.29, 1.82) is 0 Å². The molecule has 4 heteroatoms. The fraction of sp³-hybridized carbons (Fsp3) is 0.647. The summed E-state index contributed by atoms with van der Waals surface area (Å²) in [4.78, 5) is 18.8. The van der Waals surface area contributed by atoms with Crippen LogP contribution in [0.2, 0.25) is 0 Å². The van der Waals surface area contributed by atoms with Crippen LogP contribution in [0.4, 0.5) is 10.6 Å². The molecule has 21 heavy (non-hydrogen) atoms. The third kappa shape index (κ3) is 4.45. The molecule has 1 amide bonds. The van der Waals surface area contributed by atoms with Crippen molar-refractivity contribution in [3.63, 3.8) is 0 Å². The second-order valence-electron chi connectivity index (χ2n) is 6.83. The van der Waals surface area contributed by atoms with Crippen LogP contribution >= 0.6 is 0 Å². The van der Waals surface area contributed by atoms with E-state index in [2.05, 4.69) is 4.98 Å². The highest BCUT2D eigenvalue weighted by atomic mass is 16.6. The Hall–Kier alpha value is -1.58. The Balaban J connectivity index is 2.27. The Bertz CT molecular complexity index is 488. The van der Waals surface area contributed by atoms with Gasteiger partial charge in [-0.3, -0.25) is 4.90 Å². The van der Waals surface area contributed by atoms with Gasteiger partial charge in [-0.2, -0.15) is 0 Å². The van der Waals surface area contributed by atoms with Crippen molar-refractivity contribution in [1.82, 2.24) is 4.98 Å². The number of carbonyl (C=O) groups is 1. The van der Waals surface area contributed by atoms with Crippen molar-refractivity contribution in [2.75, 3.05) is 4.90 Å². The fourth-order valence-corrected chi connectivity index (χ4v) is 2.73. The predicted molar refractivity (Wildman–Crippen MR) is 84.6 cm³/mol. The number of carbonyl (C=O) groups excluding carboxylic acids is 1. The van der Waals surface area contributed by atoms with Crippen LogP contribution < -0.4 is 4.90 Å². The van der Waals surface area contributed by atoms with Gasteiger partial charge >= 0.3 is 6.09 Å². The molecule has 0 atom stereocenters. The lowest BCUT2D eigenvalue weighted by Gasteiger charge is -2.34. The van der Waals surface area contributed by atoms with Crippen LogP contribution in [0.15, 0.2) is 18.3 Å². The van der Waals surface area contributed by atoms with Gasteiger partial charge in [0, 0.05) is 12.2 Å². The van der Waals surface area contributed by atoms with Gasteiger partial charge < -0.3 is 4.74 Å². The van der Waals surface area contributed by atoms with E-state index in [1.807, 2.05) is 39.8 Å². The van der Waals surface area contributed by atoms with Crippen LogP contribution in [-0.2, 0) is 4.74 Å². The molecule has 0 unspecified atom stereocenters.